The number of alkyl halides is 1. The Kier molecular flexibility index (Phi) is 13.1. The molecular formula is C13H25Cl. The van der Waals surface area contributed by atoms with Crippen molar-refractivity contribution in [3.05, 3.63) is 12.2 Å². The van der Waals surface area contributed by atoms with Crippen LogP contribution in [0, 0.1) is 0 Å². The van der Waals surface area contributed by atoms with Gasteiger partial charge in [-0.1, -0.05) is 44.8 Å². The first-order valence-corrected chi connectivity index (χ1v) is 6.66. The first-order chi connectivity index (χ1) is 6.91. The molecule has 0 N–H and O–H groups in total. The minimum Gasteiger partial charge on any atom is -0.127 e. The van der Waals surface area contributed by atoms with Gasteiger partial charge in [-0.2, -0.15) is 0 Å². The van der Waals surface area contributed by atoms with Gasteiger partial charge in [0.05, 0.1) is 0 Å². The van der Waals surface area contributed by atoms with Crippen LogP contribution in [0.5, 0.6) is 0 Å². The van der Waals surface area contributed by atoms with E-state index in [4.69, 9.17) is 11.6 Å². The number of rotatable bonds is 10. The van der Waals surface area contributed by atoms with Crippen molar-refractivity contribution >= 4 is 11.6 Å². The van der Waals surface area contributed by atoms with E-state index >= 15 is 0 Å². The van der Waals surface area contributed by atoms with Crippen LogP contribution in [-0.4, -0.2) is 5.88 Å². The average molecular weight is 217 g/mol. The molecule has 0 radical (unpaired) electrons. The van der Waals surface area contributed by atoms with Gasteiger partial charge < -0.3 is 0 Å². The van der Waals surface area contributed by atoms with Crippen molar-refractivity contribution in [1.29, 1.82) is 0 Å². The third kappa shape index (κ3) is 12.0. The van der Waals surface area contributed by atoms with E-state index < -0.39 is 0 Å². The fraction of sp³-hybridized carbons (Fsp3) is 0.846. The van der Waals surface area contributed by atoms with Gasteiger partial charge in [0.2, 0.25) is 0 Å². The lowest BCUT2D eigenvalue weighted by molar-refractivity contribution is 0.674. The Morgan fingerprint density at radius 3 is 1.93 bits per heavy atom. The van der Waals surface area contributed by atoms with Gasteiger partial charge in [0.15, 0.2) is 0 Å². The monoisotopic (exact) mass is 216 g/mol. The summed E-state index contributed by atoms with van der Waals surface area (Å²) in [7, 11) is 0. The van der Waals surface area contributed by atoms with Gasteiger partial charge >= 0.3 is 0 Å². The summed E-state index contributed by atoms with van der Waals surface area (Å²) in [6.45, 7) is 2.25. The molecule has 0 saturated carbocycles. The fourth-order valence-electron chi connectivity index (χ4n) is 1.46. The normalized spacial score (nSPS) is 11.3. The van der Waals surface area contributed by atoms with Crippen LogP contribution < -0.4 is 0 Å². The molecule has 0 saturated heterocycles. The standard InChI is InChI=1S/C13H25Cl/c1-2-3-4-5-6-7-8-9-10-11-12-13-14/h6-7H,2-5,8-13H2,1H3/b7-6-. The fourth-order valence-corrected chi connectivity index (χ4v) is 1.65. The first kappa shape index (κ1) is 14.0. The molecule has 0 unspecified atom stereocenters. The van der Waals surface area contributed by atoms with E-state index in [-0.39, 0.29) is 0 Å². The van der Waals surface area contributed by atoms with E-state index in [0.717, 1.165) is 5.88 Å². The Morgan fingerprint density at radius 2 is 1.36 bits per heavy atom. The smallest absolute Gasteiger partial charge is 0.0223 e. The molecule has 0 aliphatic heterocycles. The first-order valence-electron chi connectivity index (χ1n) is 6.12. The highest BCUT2D eigenvalue weighted by Crippen LogP contribution is 2.05. The molecule has 0 atom stereocenters. The highest BCUT2D eigenvalue weighted by molar-refractivity contribution is 6.17. The molecule has 0 aliphatic carbocycles. The van der Waals surface area contributed by atoms with E-state index in [9.17, 15) is 0 Å². The van der Waals surface area contributed by atoms with Crippen molar-refractivity contribution in [2.24, 2.45) is 0 Å². The van der Waals surface area contributed by atoms with Gasteiger partial charge in [0, 0.05) is 5.88 Å². The molecule has 1 heteroatoms. The van der Waals surface area contributed by atoms with E-state index in [0.29, 0.717) is 0 Å². The van der Waals surface area contributed by atoms with Crippen LogP contribution in [0.2, 0.25) is 0 Å². The van der Waals surface area contributed by atoms with Crippen molar-refractivity contribution in [2.75, 3.05) is 5.88 Å². The Labute approximate surface area is 94.7 Å². The van der Waals surface area contributed by atoms with Crippen LogP contribution in [0.15, 0.2) is 12.2 Å². The highest BCUT2D eigenvalue weighted by atomic mass is 35.5. The molecule has 0 nitrogen and oxygen atoms in total. The molecule has 0 amide bonds. The number of unbranched alkanes of at least 4 members (excludes halogenated alkanes) is 7. The Balaban J connectivity index is 2.96. The topological polar surface area (TPSA) is 0 Å². The SMILES string of the molecule is CCCCC/C=C\CCCCCCCl. The van der Waals surface area contributed by atoms with E-state index in [1.807, 2.05) is 0 Å². The van der Waals surface area contributed by atoms with Gasteiger partial charge in [-0.25, -0.2) is 0 Å². The predicted octanol–water partition coefficient (Wildman–Crippen LogP) is 5.31. The quantitative estimate of drug-likeness (QED) is 0.264. The summed E-state index contributed by atoms with van der Waals surface area (Å²) in [5.74, 6) is 0.826. The molecule has 0 aromatic carbocycles. The van der Waals surface area contributed by atoms with Crippen molar-refractivity contribution in [2.45, 2.75) is 64.7 Å². The summed E-state index contributed by atoms with van der Waals surface area (Å²) >= 11 is 5.60. The maximum Gasteiger partial charge on any atom is 0.0223 e. The third-order valence-corrected chi connectivity index (χ3v) is 2.66. The van der Waals surface area contributed by atoms with Crippen molar-refractivity contribution in [3.8, 4) is 0 Å². The van der Waals surface area contributed by atoms with Gasteiger partial charge in [0.25, 0.3) is 0 Å². The summed E-state index contributed by atoms with van der Waals surface area (Å²) in [5.41, 5.74) is 0. The van der Waals surface area contributed by atoms with Crippen LogP contribution in [0.4, 0.5) is 0 Å². The van der Waals surface area contributed by atoms with Crippen molar-refractivity contribution in [3.63, 3.8) is 0 Å². The molecule has 0 heterocycles. The lowest BCUT2D eigenvalue weighted by Crippen LogP contribution is -1.78. The zero-order valence-electron chi connectivity index (χ0n) is 9.60. The molecule has 0 bridgehead atoms. The van der Waals surface area contributed by atoms with E-state index in [1.54, 1.807) is 0 Å². The van der Waals surface area contributed by atoms with Gasteiger partial charge in [-0.15, -0.1) is 11.6 Å². The van der Waals surface area contributed by atoms with E-state index in [2.05, 4.69) is 19.1 Å². The van der Waals surface area contributed by atoms with Crippen LogP contribution >= 0.6 is 11.6 Å². The van der Waals surface area contributed by atoms with Crippen LogP contribution in [0.25, 0.3) is 0 Å². The summed E-state index contributed by atoms with van der Waals surface area (Å²) in [6, 6.07) is 0. The lowest BCUT2D eigenvalue weighted by atomic mass is 10.1. The molecule has 0 aromatic rings. The Bertz CT molecular complexity index is 118. The average Bonchev–Trinajstić information content (AvgIpc) is 2.21. The highest BCUT2D eigenvalue weighted by Gasteiger charge is 1.87. The molecular weight excluding hydrogens is 192 g/mol. The predicted molar refractivity (Wildman–Crippen MR) is 67.1 cm³/mol. The summed E-state index contributed by atoms with van der Waals surface area (Å²) in [4.78, 5) is 0. The molecule has 0 aliphatic rings. The van der Waals surface area contributed by atoms with Gasteiger partial charge in [-0.3, -0.25) is 0 Å². The second-order valence-corrected chi connectivity index (χ2v) is 4.24. The summed E-state index contributed by atoms with van der Waals surface area (Å²) in [6.07, 6.45) is 16.4. The third-order valence-electron chi connectivity index (χ3n) is 2.40. The minimum absolute atomic E-state index is 0.826. The Hall–Kier alpha value is 0.0300. The number of hydrogen-bond acceptors (Lipinski definition) is 0. The van der Waals surface area contributed by atoms with Crippen molar-refractivity contribution < 1.29 is 0 Å². The maximum absolute atomic E-state index is 5.60. The molecule has 0 fully saturated rings. The lowest BCUT2D eigenvalue weighted by Gasteiger charge is -1.95. The number of hydrogen-bond donors (Lipinski definition) is 0. The zero-order valence-corrected chi connectivity index (χ0v) is 10.4. The largest absolute Gasteiger partial charge is 0.127 e. The van der Waals surface area contributed by atoms with E-state index in [1.165, 1.54) is 57.8 Å². The summed E-state index contributed by atoms with van der Waals surface area (Å²) < 4.78 is 0. The van der Waals surface area contributed by atoms with Gasteiger partial charge in [-0.05, 0) is 32.1 Å². The number of halogens is 1. The molecule has 0 rings (SSSR count). The molecule has 0 spiro atoms. The molecule has 84 valence electrons. The molecule has 14 heavy (non-hydrogen) atoms. The Morgan fingerprint density at radius 1 is 0.786 bits per heavy atom. The van der Waals surface area contributed by atoms with Crippen molar-refractivity contribution in [1.82, 2.24) is 0 Å². The van der Waals surface area contributed by atoms with Crippen LogP contribution in [-0.2, 0) is 0 Å². The number of allylic oxidation sites excluding steroid dienone is 2. The maximum atomic E-state index is 5.60. The second kappa shape index (κ2) is 13.0. The summed E-state index contributed by atoms with van der Waals surface area (Å²) in [5, 5.41) is 0. The second-order valence-electron chi connectivity index (χ2n) is 3.86. The van der Waals surface area contributed by atoms with Gasteiger partial charge in [0.1, 0.15) is 0 Å². The zero-order chi connectivity index (χ0) is 10.5. The minimum atomic E-state index is 0.826. The van der Waals surface area contributed by atoms with Crippen LogP contribution in [0.3, 0.4) is 0 Å². The van der Waals surface area contributed by atoms with Crippen LogP contribution in [0.1, 0.15) is 64.7 Å². The molecule has 0 aromatic heterocycles.